The largest absolute Gasteiger partial charge is 0.494 e. The predicted octanol–water partition coefficient (Wildman–Crippen LogP) is 5.44. The molecule has 0 unspecified atom stereocenters. The first kappa shape index (κ1) is 26.0. The van der Waals surface area contributed by atoms with Crippen molar-refractivity contribution in [3.63, 3.8) is 0 Å². The molecule has 34 heavy (non-hydrogen) atoms. The first-order valence-corrected chi connectivity index (χ1v) is 13.5. The maximum absolute atomic E-state index is 14.9. The third-order valence-electron chi connectivity index (χ3n) is 5.73. The van der Waals surface area contributed by atoms with E-state index in [0.717, 1.165) is 27.8 Å². The predicted molar refractivity (Wildman–Crippen MR) is 132 cm³/mol. The standard InChI is InChI=1S/C26H34FNO5S/c1-16-14-18(32-12-7-13-34(6,30)31)15-17(2)23(16)19-8-10-21(27)24-20(19)9-11-22(24)28-25(29)33-26(3,4)5/h8,10,14-15,22H,7,9,11-13H2,1-6H3,(H,28,29)/t22-/m1/s1. The SMILES string of the molecule is Cc1cc(OCCCS(C)(=O)=O)cc(C)c1-c1ccc(F)c2c1CC[C@H]2NC(=O)OC(C)(C)C. The summed E-state index contributed by atoms with van der Waals surface area (Å²) in [5.74, 6) is 0.428. The Morgan fingerprint density at radius 2 is 1.82 bits per heavy atom. The number of hydrogen-bond acceptors (Lipinski definition) is 5. The Bertz CT molecular complexity index is 1160. The highest BCUT2D eigenvalue weighted by Crippen LogP contribution is 2.42. The number of benzene rings is 2. The summed E-state index contributed by atoms with van der Waals surface area (Å²) in [5.41, 5.74) is 4.71. The summed E-state index contributed by atoms with van der Waals surface area (Å²) in [4.78, 5) is 12.3. The van der Waals surface area contributed by atoms with E-state index >= 15 is 0 Å². The zero-order chi connectivity index (χ0) is 25.3. The Morgan fingerprint density at radius 1 is 1.18 bits per heavy atom. The first-order chi connectivity index (χ1) is 15.7. The zero-order valence-electron chi connectivity index (χ0n) is 20.7. The highest BCUT2D eigenvalue weighted by Gasteiger charge is 2.31. The van der Waals surface area contributed by atoms with Gasteiger partial charge in [-0.05, 0) is 99.9 Å². The summed E-state index contributed by atoms with van der Waals surface area (Å²) in [6.07, 6.45) is 2.33. The summed E-state index contributed by atoms with van der Waals surface area (Å²) < 4.78 is 48.6. The van der Waals surface area contributed by atoms with Gasteiger partial charge in [-0.25, -0.2) is 17.6 Å². The van der Waals surface area contributed by atoms with Crippen molar-refractivity contribution in [3.8, 4) is 16.9 Å². The second kappa shape index (κ2) is 9.94. The minimum atomic E-state index is -3.01. The molecular formula is C26H34FNO5S. The third kappa shape index (κ3) is 6.50. The quantitative estimate of drug-likeness (QED) is 0.522. The van der Waals surface area contributed by atoms with E-state index < -0.39 is 27.6 Å². The van der Waals surface area contributed by atoms with Gasteiger partial charge in [0.1, 0.15) is 27.0 Å². The molecule has 0 saturated carbocycles. The minimum absolute atomic E-state index is 0.0866. The number of alkyl carbamates (subject to hydrolysis) is 1. The zero-order valence-corrected chi connectivity index (χ0v) is 21.6. The number of halogens is 1. The topological polar surface area (TPSA) is 81.7 Å². The van der Waals surface area contributed by atoms with Gasteiger partial charge in [0.15, 0.2) is 0 Å². The van der Waals surface area contributed by atoms with E-state index in [4.69, 9.17) is 9.47 Å². The highest BCUT2D eigenvalue weighted by molar-refractivity contribution is 7.90. The van der Waals surface area contributed by atoms with Crippen molar-refractivity contribution >= 4 is 15.9 Å². The molecule has 0 aromatic heterocycles. The van der Waals surface area contributed by atoms with Crippen LogP contribution in [0.4, 0.5) is 9.18 Å². The van der Waals surface area contributed by atoms with E-state index in [1.165, 1.54) is 12.3 Å². The maximum Gasteiger partial charge on any atom is 0.408 e. The third-order valence-corrected chi connectivity index (χ3v) is 6.76. The van der Waals surface area contributed by atoms with Gasteiger partial charge in [0.2, 0.25) is 0 Å². The molecular weight excluding hydrogens is 457 g/mol. The van der Waals surface area contributed by atoms with Gasteiger partial charge < -0.3 is 14.8 Å². The van der Waals surface area contributed by atoms with Crippen LogP contribution in [0.25, 0.3) is 11.1 Å². The first-order valence-electron chi connectivity index (χ1n) is 11.5. The molecule has 0 fully saturated rings. The van der Waals surface area contributed by atoms with Crippen LogP contribution in [0, 0.1) is 19.7 Å². The molecule has 2 aromatic carbocycles. The number of ether oxygens (including phenoxy) is 2. The summed E-state index contributed by atoms with van der Waals surface area (Å²) in [5, 5.41) is 2.82. The van der Waals surface area contributed by atoms with E-state index in [2.05, 4.69) is 5.32 Å². The lowest BCUT2D eigenvalue weighted by atomic mass is 9.90. The lowest BCUT2D eigenvalue weighted by Crippen LogP contribution is -2.34. The number of aryl methyl sites for hydroxylation is 2. The summed E-state index contributed by atoms with van der Waals surface area (Å²) in [7, 11) is -3.01. The summed E-state index contributed by atoms with van der Waals surface area (Å²) >= 11 is 0. The Morgan fingerprint density at radius 3 is 2.41 bits per heavy atom. The van der Waals surface area contributed by atoms with Gasteiger partial charge in [0.05, 0.1) is 18.4 Å². The van der Waals surface area contributed by atoms with E-state index in [-0.39, 0.29) is 11.6 Å². The molecule has 0 spiro atoms. The van der Waals surface area contributed by atoms with Gasteiger partial charge in [-0.15, -0.1) is 0 Å². The van der Waals surface area contributed by atoms with E-state index in [0.29, 0.717) is 37.2 Å². The Labute approximate surface area is 201 Å². The normalized spacial score (nSPS) is 15.7. The molecule has 1 aliphatic rings. The van der Waals surface area contributed by atoms with Gasteiger partial charge in [0, 0.05) is 11.8 Å². The van der Waals surface area contributed by atoms with Crippen molar-refractivity contribution in [1.29, 1.82) is 0 Å². The summed E-state index contributed by atoms with van der Waals surface area (Å²) in [6.45, 7) is 9.64. The molecule has 3 rings (SSSR count). The molecule has 8 heteroatoms. The molecule has 186 valence electrons. The number of carbonyl (C=O) groups is 1. The number of hydrogen-bond donors (Lipinski definition) is 1. The molecule has 1 amide bonds. The van der Waals surface area contributed by atoms with Crippen LogP contribution in [-0.4, -0.2) is 38.7 Å². The van der Waals surface area contributed by atoms with Gasteiger partial charge in [-0.1, -0.05) is 6.07 Å². The fourth-order valence-electron chi connectivity index (χ4n) is 4.49. The van der Waals surface area contributed by atoms with Crippen molar-refractivity contribution in [3.05, 3.63) is 52.3 Å². The Hall–Kier alpha value is -2.61. The van der Waals surface area contributed by atoms with Crippen LogP contribution < -0.4 is 10.1 Å². The van der Waals surface area contributed by atoms with Crippen molar-refractivity contribution < 1.29 is 27.1 Å². The van der Waals surface area contributed by atoms with E-state index in [1.54, 1.807) is 26.8 Å². The Kier molecular flexibility index (Phi) is 7.60. The molecule has 1 N–H and O–H groups in total. The number of sulfone groups is 1. The molecule has 0 saturated heterocycles. The fourth-order valence-corrected chi connectivity index (χ4v) is 5.13. The molecule has 0 heterocycles. The smallest absolute Gasteiger partial charge is 0.408 e. The lowest BCUT2D eigenvalue weighted by Gasteiger charge is -2.22. The second-order valence-corrected chi connectivity index (χ2v) is 12.2. The minimum Gasteiger partial charge on any atom is -0.494 e. The van der Waals surface area contributed by atoms with Gasteiger partial charge >= 0.3 is 6.09 Å². The molecule has 2 aromatic rings. The van der Waals surface area contributed by atoms with Crippen LogP contribution in [0.2, 0.25) is 0 Å². The van der Waals surface area contributed by atoms with Gasteiger partial charge in [0.25, 0.3) is 0 Å². The number of amides is 1. The van der Waals surface area contributed by atoms with Crippen LogP contribution in [-0.2, 0) is 21.0 Å². The average molecular weight is 492 g/mol. The molecule has 1 aliphatic carbocycles. The average Bonchev–Trinajstić information content (AvgIpc) is 3.08. The molecule has 1 atom stereocenters. The number of rotatable bonds is 7. The van der Waals surface area contributed by atoms with E-state index in [9.17, 15) is 17.6 Å². The molecule has 0 radical (unpaired) electrons. The second-order valence-electron chi connectivity index (χ2n) is 9.99. The fraction of sp³-hybridized carbons (Fsp3) is 0.500. The maximum atomic E-state index is 14.9. The molecule has 6 nitrogen and oxygen atoms in total. The molecule has 0 bridgehead atoms. The van der Waals surface area contributed by atoms with Crippen LogP contribution in [0.15, 0.2) is 24.3 Å². The van der Waals surface area contributed by atoms with E-state index in [1.807, 2.05) is 26.0 Å². The monoisotopic (exact) mass is 491 g/mol. The highest BCUT2D eigenvalue weighted by atomic mass is 32.2. The van der Waals surface area contributed by atoms with Crippen LogP contribution >= 0.6 is 0 Å². The van der Waals surface area contributed by atoms with Crippen molar-refractivity contribution in [2.45, 2.75) is 65.5 Å². The van der Waals surface area contributed by atoms with Gasteiger partial charge in [-0.2, -0.15) is 0 Å². The van der Waals surface area contributed by atoms with Crippen LogP contribution in [0.3, 0.4) is 0 Å². The van der Waals surface area contributed by atoms with Crippen molar-refractivity contribution in [2.75, 3.05) is 18.6 Å². The number of carbonyl (C=O) groups excluding carboxylic acids is 1. The Balaban J connectivity index is 1.85. The summed E-state index contributed by atoms with van der Waals surface area (Å²) in [6, 6.07) is 6.65. The number of fused-ring (bicyclic) bond motifs is 1. The number of nitrogens with one attached hydrogen (secondary N) is 1. The lowest BCUT2D eigenvalue weighted by molar-refractivity contribution is 0.0503. The van der Waals surface area contributed by atoms with Crippen LogP contribution in [0.5, 0.6) is 5.75 Å². The van der Waals surface area contributed by atoms with Crippen molar-refractivity contribution in [1.82, 2.24) is 5.32 Å². The van der Waals surface area contributed by atoms with Crippen LogP contribution in [0.1, 0.15) is 61.9 Å². The van der Waals surface area contributed by atoms with Crippen molar-refractivity contribution in [2.24, 2.45) is 0 Å². The molecule has 0 aliphatic heterocycles. The van der Waals surface area contributed by atoms with Gasteiger partial charge in [-0.3, -0.25) is 0 Å².